The summed E-state index contributed by atoms with van der Waals surface area (Å²) in [6.45, 7) is 4.06. The zero-order valence-electron chi connectivity index (χ0n) is 14.4. The third-order valence-corrected chi connectivity index (χ3v) is 4.14. The molecule has 0 saturated carbocycles. The van der Waals surface area contributed by atoms with Crippen LogP contribution in [0.3, 0.4) is 0 Å². The Bertz CT molecular complexity index is 789. The number of ketones is 1. The van der Waals surface area contributed by atoms with Gasteiger partial charge in [0, 0.05) is 10.0 Å². The van der Waals surface area contributed by atoms with Crippen molar-refractivity contribution in [1.82, 2.24) is 0 Å². The van der Waals surface area contributed by atoms with Gasteiger partial charge in [-0.2, -0.15) is 0 Å². The van der Waals surface area contributed by atoms with Gasteiger partial charge in [0.15, 0.2) is 23.9 Å². The standard InChI is InChI=1S/C19H18BrClO5/c1-3-24-17-10-13(9-15(21)18(17)25-4-2)19(23)26-11-16(22)12-5-7-14(20)8-6-12/h5-10H,3-4,11H2,1-2H3. The lowest BCUT2D eigenvalue weighted by molar-refractivity contribution is 0.0474. The first-order valence-electron chi connectivity index (χ1n) is 8.01. The molecule has 0 unspecified atom stereocenters. The van der Waals surface area contributed by atoms with Gasteiger partial charge >= 0.3 is 5.97 Å². The Labute approximate surface area is 165 Å². The zero-order valence-corrected chi connectivity index (χ0v) is 16.7. The zero-order chi connectivity index (χ0) is 19.1. The topological polar surface area (TPSA) is 61.8 Å². The highest BCUT2D eigenvalue weighted by Crippen LogP contribution is 2.36. The maximum atomic E-state index is 12.3. The third kappa shape index (κ3) is 5.22. The first-order valence-corrected chi connectivity index (χ1v) is 9.18. The number of rotatable bonds is 8. The summed E-state index contributed by atoms with van der Waals surface area (Å²) in [5.74, 6) is -0.235. The first-order chi connectivity index (χ1) is 12.5. The van der Waals surface area contributed by atoms with E-state index >= 15 is 0 Å². The summed E-state index contributed by atoms with van der Waals surface area (Å²) in [7, 11) is 0. The van der Waals surface area contributed by atoms with Gasteiger partial charge in [0.1, 0.15) is 0 Å². The number of esters is 1. The first kappa shape index (κ1) is 20.3. The number of carbonyl (C=O) groups excluding carboxylic acids is 2. The maximum absolute atomic E-state index is 12.3. The second-order valence-electron chi connectivity index (χ2n) is 5.16. The Balaban J connectivity index is 2.11. The lowest BCUT2D eigenvalue weighted by atomic mass is 10.1. The number of carbonyl (C=O) groups is 2. The largest absolute Gasteiger partial charge is 0.490 e. The molecule has 0 fully saturated rings. The van der Waals surface area contributed by atoms with Gasteiger partial charge in [-0.15, -0.1) is 0 Å². The molecule has 0 aliphatic rings. The van der Waals surface area contributed by atoms with Gasteiger partial charge in [0.05, 0.1) is 23.8 Å². The summed E-state index contributed by atoms with van der Waals surface area (Å²) < 4.78 is 16.9. The molecular formula is C19H18BrClO5. The van der Waals surface area contributed by atoms with Crippen LogP contribution in [0.5, 0.6) is 11.5 Å². The molecule has 7 heteroatoms. The van der Waals surface area contributed by atoms with Crippen molar-refractivity contribution in [2.75, 3.05) is 19.8 Å². The molecule has 138 valence electrons. The highest BCUT2D eigenvalue weighted by atomic mass is 79.9. The highest BCUT2D eigenvalue weighted by molar-refractivity contribution is 9.10. The van der Waals surface area contributed by atoms with Crippen LogP contribution in [0.2, 0.25) is 5.02 Å². The lowest BCUT2D eigenvalue weighted by Crippen LogP contribution is -2.14. The molecule has 0 N–H and O–H groups in total. The second-order valence-corrected chi connectivity index (χ2v) is 6.48. The molecule has 0 radical (unpaired) electrons. The minimum Gasteiger partial charge on any atom is -0.490 e. The Morgan fingerprint density at radius 1 is 1.00 bits per heavy atom. The van der Waals surface area contributed by atoms with E-state index in [9.17, 15) is 9.59 Å². The van der Waals surface area contributed by atoms with Gasteiger partial charge in [-0.3, -0.25) is 4.79 Å². The van der Waals surface area contributed by atoms with Crippen molar-refractivity contribution in [3.63, 3.8) is 0 Å². The van der Waals surface area contributed by atoms with Crippen LogP contribution in [0, 0.1) is 0 Å². The summed E-state index contributed by atoms with van der Waals surface area (Å²) in [5, 5.41) is 0.240. The summed E-state index contributed by atoms with van der Waals surface area (Å²) in [6.07, 6.45) is 0. The van der Waals surface area contributed by atoms with Crippen molar-refractivity contribution in [2.24, 2.45) is 0 Å². The Hall–Kier alpha value is -2.05. The van der Waals surface area contributed by atoms with E-state index < -0.39 is 5.97 Å². The molecule has 26 heavy (non-hydrogen) atoms. The van der Waals surface area contributed by atoms with Crippen LogP contribution in [0.15, 0.2) is 40.9 Å². The van der Waals surface area contributed by atoms with Crippen LogP contribution in [-0.4, -0.2) is 31.6 Å². The van der Waals surface area contributed by atoms with Crippen molar-refractivity contribution < 1.29 is 23.8 Å². The van der Waals surface area contributed by atoms with Crippen LogP contribution < -0.4 is 9.47 Å². The average Bonchev–Trinajstić information content (AvgIpc) is 2.62. The van der Waals surface area contributed by atoms with Crippen molar-refractivity contribution in [3.05, 3.63) is 57.0 Å². The summed E-state index contributed by atoms with van der Waals surface area (Å²) in [6, 6.07) is 9.72. The fourth-order valence-electron chi connectivity index (χ4n) is 2.17. The van der Waals surface area contributed by atoms with E-state index in [1.807, 2.05) is 13.8 Å². The molecule has 2 aromatic rings. The Morgan fingerprint density at radius 3 is 2.27 bits per heavy atom. The molecule has 0 amide bonds. The molecule has 0 bridgehead atoms. The minimum absolute atomic E-state index is 0.186. The Kier molecular flexibility index (Phi) is 7.48. The van der Waals surface area contributed by atoms with Crippen LogP contribution in [-0.2, 0) is 4.74 Å². The number of halogens is 2. The van der Waals surface area contributed by atoms with Crippen molar-refractivity contribution in [1.29, 1.82) is 0 Å². The Morgan fingerprint density at radius 2 is 1.65 bits per heavy atom. The number of hydrogen-bond acceptors (Lipinski definition) is 5. The van der Waals surface area contributed by atoms with Crippen LogP contribution in [0.25, 0.3) is 0 Å². The quantitative estimate of drug-likeness (QED) is 0.429. The number of benzene rings is 2. The highest BCUT2D eigenvalue weighted by Gasteiger charge is 2.18. The predicted molar refractivity (Wildman–Crippen MR) is 103 cm³/mol. The van der Waals surface area contributed by atoms with E-state index in [1.54, 1.807) is 24.3 Å². The fraction of sp³-hybridized carbons (Fsp3) is 0.263. The predicted octanol–water partition coefficient (Wildman–Crippen LogP) is 4.94. The maximum Gasteiger partial charge on any atom is 0.338 e. The smallest absolute Gasteiger partial charge is 0.338 e. The van der Waals surface area contributed by atoms with Crippen LogP contribution in [0.4, 0.5) is 0 Å². The molecule has 0 aromatic heterocycles. The van der Waals surface area contributed by atoms with Crippen LogP contribution >= 0.6 is 27.5 Å². The van der Waals surface area contributed by atoms with Crippen molar-refractivity contribution in [3.8, 4) is 11.5 Å². The van der Waals surface area contributed by atoms with E-state index in [4.69, 9.17) is 25.8 Å². The number of ether oxygens (including phenoxy) is 3. The van der Waals surface area contributed by atoms with E-state index in [-0.39, 0.29) is 23.0 Å². The fourth-order valence-corrected chi connectivity index (χ4v) is 2.70. The van der Waals surface area contributed by atoms with E-state index in [0.29, 0.717) is 30.3 Å². The van der Waals surface area contributed by atoms with Crippen LogP contribution in [0.1, 0.15) is 34.6 Å². The summed E-state index contributed by atoms with van der Waals surface area (Å²) in [5.41, 5.74) is 0.645. The van der Waals surface area contributed by atoms with E-state index in [0.717, 1.165) is 4.47 Å². The molecule has 2 aromatic carbocycles. The summed E-state index contributed by atoms with van der Waals surface area (Å²) >= 11 is 9.48. The normalized spacial score (nSPS) is 10.3. The molecule has 2 rings (SSSR count). The van der Waals surface area contributed by atoms with Gasteiger partial charge in [-0.1, -0.05) is 39.7 Å². The van der Waals surface area contributed by atoms with Gasteiger partial charge < -0.3 is 14.2 Å². The molecule has 0 aliphatic heterocycles. The number of Topliss-reactive ketones (excluding diaryl/α,β-unsaturated/α-hetero) is 1. The molecule has 0 atom stereocenters. The monoisotopic (exact) mass is 440 g/mol. The van der Waals surface area contributed by atoms with Crippen molar-refractivity contribution >= 4 is 39.3 Å². The van der Waals surface area contributed by atoms with E-state index in [1.165, 1.54) is 12.1 Å². The van der Waals surface area contributed by atoms with Gasteiger partial charge in [0.25, 0.3) is 0 Å². The molecule has 5 nitrogen and oxygen atoms in total. The lowest BCUT2D eigenvalue weighted by Gasteiger charge is -2.14. The minimum atomic E-state index is -0.665. The van der Waals surface area contributed by atoms with Gasteiger partial charge in [-0.05, 0) is 38.1 Å². The molecular weight excluding hydrogens is 424 g/mol. The second kappa shape index (κ2) is 9.59. The van der Waals surface area contributed by atoms with Gasteiger partial charge in [0.2, 0.25) is 0 Å². The molecule has 0 aliphatic carbocycles. The summed E-state index contributed by atoms with van der Waals surface area (Å²) in [4.78, 5) is 24.4. The molecule has 0 saturated heterocycles. The third-order valence-electron chi connectivity index (χ3n) is 3.33. The van der Waals surface area contributed by atoms with E-state index in [2.05, 4.69) is 15.9 Å². The van der Waals surface area contributed by atoms with Crippen molar-refractivity contribution in [2.45, 2.75) is 13.8 Å². The molecule has 0 spiro atoms. The average molecular weight is 442 g/mol. The van der Waals surface area contributed by atoms with Gasteiger partial charge in [-0.25, -0.2) is 4.79 Å². The molecule has 0 heterocycles. The SMILES string of the molecule is CCOc1cc(C(=O)OCC(=O)c2ccc(Br)cc2)cc(Cl)c1OCC. The number of hydrogen-bond donors (Lipinski definition) is 0.